The Morgan fingerprint density at radius 2 is 1.84 bits per heavy atom. The summed E-state index contributed by atoms with van der Waals surface area (Å²) in [6.45, 7) is 2.60. The van der Waals surface area contributed by atoms with Crippen molar-refractivity contribution in [1.82, 2.24) is 4.57 Å². The van der Waals surface area contributed by atoms with Crippen LogP contribution in [0.2, 0.25) is 0 Å². The van der Waals surface area contributed by atoms with Crippen LogP contribution in [0.4, 0.5) is 0 Å². The molecule has 2 rings (SSSR count). The highest BCUT2D eigenvalue weighted by molar-refractivity contribution is 5.25. The van der Waals surface area contributed by atoms with Crippen LogP contribution in [0.1, 0.15) is 24.1 Å². The van der Waals surface area contributed by atoms with Crippen LogP contribution in [-0.4, -0.2) is 9.67 Å². The van der Waals surface area contributed by atoms with Crippen LogP contribution in [0, 0.1) is 6.92 Å². The molecule has 1 aromatic carbocycles. The van der Waals surface area contributed by atoms with Crippen molar-refractivity contribution in [1.29, 1.82) is 0 Å². The van der Waals surface area contributed by atoms with E-state index in [1.165, 1.54) is 11.6 Å². The lowest BCUT2D eigenvalue weighted by atomic mass is 10.1. The lowest BCUT2D eigenvalue weighted by molar-refractivity contribution is 0.450. The third kappa shape index (κ3) is 3.47. The summed E-state index contributed by atoms with van der Waals surface area (Å²) in [4.78, 5) is 11.2. The Labute approximate surface area is 113 Å². The number of nitrogens with zero attached hydrogens (tertiary/aromatic N) is 1. The molecule has 0 aliphatic heterocycles. The average Bonchev–Trinajstić information content (AvgIpc) is 2.44. The molecule has 0 bridgehead atoms. The predicted octanol–water partition coefficient (Wildman–Crippen LogP) is 2.89. The van der Waals surface area contributed by atoms with Crippen LogP contribution in [0.5, 0.6) is 5.75 Å². The van der Waals surface area contributed by atoms with Crippen LogP contribution >= 0.6 is 0 Å². The summed E-state index contributed by atoms with van der Waals surface area (Å²) in [6.07, 6.45) is 4.93. The molecule has 0 saturated carbocycles. The van der Waals surface area contributed by atoms with Gasteiger partial charge in [0.05, 0.1) is 5.69 Å². The number of unbranched alkanes of at least 4 members (excludes halogenated alkanes) is 1. The minimum atomic E-state index is -0.307. The standard InChI is InChI=1S/C16H19NO2/c1-13-16(19)15(18)10-12-17(13)11-6-5-9-14-7-3-2-4-8-14/h2-4,7-8,10,12,19H,5-6,9,11H2,1H3. The Morgan fingerprint density at radius 1 is 1.11 bits per heavy atom. The molecule has 3 nitrogen and oxygen atoms in total. The SMILES string of the molecule is Cc1c(O)c(=O)ccn1CCCCc1ccccc1. The second-order valence-corrected chi connectivity index (χ2v) is 4.75. The number of hydrogen-bond acceptors (Lipinski definition) is 2. The number of aryl methyl sites for hydroxylation is 2. The maximum atomic E-state index is 11.2. The fourth-order valence-electron chi connectivity index (χ4n) is 2.16. The van der Waals surface area contributed by atoms with E-state index in [0.717, 1.165) is 25.8 Å². The summed E-state index contributed by atoms with van der Waals surface area (Å²) in [7, 11) is 0. The van der Waals surface area contributed by atoms with Crippen LogP contribution in [-0.2, 0) is 13.0 Å². The maximum absolute atomic E-state index is 11.2. The van der Waals surface area contributed by atoms with E-state index < -0.39 is 0 Å². The Balaban J connectivity index is 1.87. The van der Waals surface area contributed by atoms with Gasteiger partial charge in [-0.2, -0.15) is 0 Å². The van der Waals surface area contributed by atoms with E-state index in [9.17, 15) is 9.90 Å². The molecule has 1 aromatic heterocycles. The van der Waals surface area contributed by atoms with Crippen molar-refractivity contribution in [2.24, 2.45) is 0 Å². The molecule has 0 amide bonds. The van der Waals surface area contributed by atoms with Gasteiger partial charge in [0.15, 0.2) is 5.75 Å². The third-order valence-electron chi connectivity index (χ3n) is 3.37. The number of pyridine rings is 1. The van der Waals surface area contributed by atoms with Crippen LogP contribution in [0.25, 0.3) is 0 Å². The Morgan fingerprint density at radius 3 is 2.58 bits per heavy atom. The highest BCUT2D eigenvalue weighted by atomic mass is 16.3. The van der Waals surface area contributed by atoms with Gasteiger partial charge in [-0.1, -0.05) is 30.3 Å². The summed E-state index contributed by atoms with van der Waals surface area (Å²) in [5.74, 6) is -0.134. The van der Waals surface area contributed by atoms with Crippen molar-refractivity contribution in [2.45, 2.75) is 32.7 Å². The quantitative estimate of drug-likeness (QED) is 0.837. The van der Waals surface area contributed by atoms with E-state index in [0.29, 0.717) is 5.69 Å². The highest BCUT2D eigenvalue weighted by Crippen LogP contribution is 2.11. The molecule has 0 aliphatic rings. The largest absolute Gasteiger partial charge is 0.503 e. The predicted molar refractivity (Wildman–Crippen MR) is 76.5 cm³/mol. The number of aromatic hydroxyl groups is 1. The van der Waals surface area contributed by atoms with Crippen LogP contribution in [0.3, 0.4) is 0 Å². The zero-order chi connectivity index (χ0) is 13.7. The summed E-state index contributed by atoms with van der Waals surface area (Å²) in [6, 6.07) is 11.8. The van der Waals surface area contributed by atoms with Crippen molar-refractivity contribution >= 4 is 0 Å². The number of aromatic nitrogens is 1. The number of hydrogen-bond donors (Lipinski definition) is 1. The van der Waals surface area contributed by atoms with Gasteiger partial charge in [-0.3, -0.25) is 4.79 Å². The lowest BCUT2D eigenvalue weighted by Crippen LogP contribution is -2.10. The van der Waals surface area contributed by atoms with Gasteiger partial charge in [-0.15, -0.1) is 0 Å². The zero-order valence-electron chi connectivity index (χ0n) is 11.2. The molecule has 0 fully saturated rings. The van der Waals surface area contributed by atoms with Crippen molar-refractivity contribution < 1.29 is 5.11 Å². The van der Waals surface area contributed by atoms with Crippen molar-refractivity contribution in [3.05, 3.63) is 64.1 Å². The molecule has 19 heavy (non-hydrogen) atoms. The smallest absolute Gasteiger partial charge is 0.223 e. The molecule has 0 spiro atoms. The van der Waals surface area contributed by atoms with E-state index in [4.69, 9.17) is 0 Å². The summed E-state index contributed by atoms with van der Waals surface area (Å²) >= 11 is 0. The minimum Gasteiger partial charge on any atom is -0.503 e. The summed E-state index contributed by atoms with van der Waals surface area (Å²) in [5.41, 5.74) is 1.69. The van der Waals surface area contributed by atoms with E-state index in [1.807, 2.05) is 10.6 Å². The van der Waals surface area contributed by atoms with Gasteiger partial charge >= 0.3 is 0 Å². The van der Waals surface area contributed by atoms with E-state index in [-0.39, 0.29) is 11.2 Å². The second kappa shape index (κ2) is 6.23. The molecule has 0 radical (unpaired) electrons. The van der Waals surface area contributed by atoms with Gasteiger partial charge in [0.25, 0.3) is 0 Å². The first-order valence-electron chi connectivity index (χ1n) is 6.61. The lowest BCUT2D eigenvalue weighted by Gasteiger charge is -2.11. The van der Waals surface area contributed by atoms with E-state index in [2.05, 4.69) is 24.3 Å². The Kier molecular flexibility index (Phi) is 4.39. The maximum Gasteiger partial charge on any atom is 0.223 e. The van der Waals surface area contributed by atoms with Gasteiger partial charge in [0.1, 0.15) is 0 Å². The Bertz CT molecular complexity index is 587. The van der Waals surface area contributed by atoms with Gasteiger partial charge < -0.3 is 9.67 Å². The van der Waals surface area contributed by atoms with Crippen LogP contribution in [0.15, 0.2) is 47.4 Å². The monoisotopic (exact) mass is 257 g/mol. The third-order valence-corrected chi connectivity index (χ3v) is 3.37. The second-order valence-electron chi connectivity index (χ2n) is 4.75. The topological polar surface area (TPSA) is 42.2 Å². The molecule has 0 atom stereocenters. The van der Waals surface area contributed by atoms with Gasteiger partial charge in [-0.25, -0.2) is 0 Å². The van der Waals surface area contributed by atoms with Crippen molar-refractivity contribution in [2.75, 3.05) is 0 Å². The molecule has 0 aliphatic carbocycles. The fourth-order valence-corrected chi connectivity index (χ4v) is 2.16. The van der Waals surface area contributed by atoms with E-state index >= 15 is 0 Å². The molecule has 0 unspecified atom stereocenters. The van der Waals surface area contributed by atoms with Gasteiger partial charge in [0.2, 0.25) is 5.43 Å². The molecule has 1 N–H and O–H groups in total. The average molecular weight is 257 g/mol. The first-order chi connectivity index (χ1) is 9.18. The number of rotatable bonds is 5. The molecule has 1 heterocycles. The van der Waals surface area contributed by atoms with E-state index in [1.54, 1.807) is 13.1 Å². The normalized spacial score (nSPS) is 10.6. The van der Waals surface area contributed by atoms with Gasteiger partial charge in [0, 0.05) is 18.8 Å². The van der Waals surface area contributed by atoms with Crippen molar-refractivity contribution in [3.63, 3.8) is 0 Å². The molecular weight excluding hydrogens is 238 g/mol. The van der Waals surface area contributed by atoms with Crippen molar-refractivity contribution in [3.8, 4) is 5.75 Å². The first kappa shape index (κ1) is 13.4. The molecule has 3 heteroatoms. The fraction of sp³-hybridized carbons (Fsp3) is 0.312. The first-order valence-corrected chi connectivity index (χ1v) is 6.61. The highest BCUT2D eigenvalue weighted by Gasteiger charge is 2.04. The van der Waals surface area contributed by atoms with Gasteiger partial charge in [-0.05, 0) is 31.7 Å². The molecule has 100 valence electrons. The minimum absolute atomic E-state index is 0.134. The molecule has 0 saturated heterocycles. The zero-order valence-corrected chi connectivity index (χ0v) is 11.2. The Hall–Kier alpha value is -2.03. The summed E-state index contributed by atoms with van der Waals surface area (Å²) in [5, 5.41) is 9.59. The number of benzene rings is 1. The molecule has 2 aromatic rings. The summed E-state index contributed by atoms with van der Waals surface area (Å²) < 4.78 is 1.93. The van der Waals surface area contributed by atoms with Crippen LogP contribution < -0.4 is 5.43 Å². The molecular formula is C16H19NO2.